The Bertz CT molecular complexity index is 275. The van der Waals surface area contributed by atoms with Crippen LogP contribution in [-0.2, 0) is 4.44 Å². The standard InChI is InChI=1S/C7H6NO2.Sn/c1-6-4-2-3-5-7(6)8(9)10;/h2-5H,1H2;. The molecular formula is C7H6NO2Sn. The van der Waals surface area contributed by atoms with Crippen LogP contribution in [-0.4, -0.2) is 27.4 Å². The van der Waals surface area contributed by atoms with E-state index < -0.39 is 0 Å². The normalized spacial score (nSPS) is 9.55. The van der Waals surface area contributed by atoms with Gasteiger partial charge in [0, 0.05) is 0 Å². The van der Waals surface area contributed by atoms with Crippen molar-refractivity contribution >= 4 is 28.2 Å². The van der Waals surface area contributed by atoms with Crippen molar-refractivity contribution < 1.29 is 4.92 Å². The van der Waals surface area contributed by atoms with Crippen molar-refractivity contribution in [2.45, 2.75) is 4.44 Å². The van der Waals surface area contributed by atoms with Gasteiger partial charge in [0.05, 0.1) is 0 Å². The molecule has 1 aromatic rings. The summed E-state index contributed by atoms with van der Waals surface area (Å²) in [5, 5.41) is 10.4. The molecule has 4 heteroatoms. The molecule has 1 aromatic carbocycles. The van der Waals surface area contributed by atoms with Crippen LogP contribution in [0.15, 0.2) is 24.3 Å². The Morgan fingerprint density at radius 3 is 2.55 bits per heavy atom. The van der Waals surface area contributed by atoms with Crippen LogP contribution < -0.4 is 0 Å². The van der Waals surface area contributed by atoms with Crippen LogP contribution >= 0.6 is 0 Å². The molecule has 0 atom stereocenters. The Morgan fingerprint density at radius 2 is 2.09 bits per heavy atom. The predicted octanol–water partition coefficient (Wildman–Crippen LogP) is 1.26. The van der Waals surface area contributed by atoms with Gasteiger partial charge in [0.2, 0.25) is 0 Å². The quantitative estimate of drug-likeness (QED) is 0.453. The molecule has 0 amide bonds. The van der Waals surface area contributed by atoms with E-state index in [4.69, 9.17) is 0 Å². The van der Waals surface area contributed by atoms with Gasteiger partial charge in [0.1, 0.15) is 0 Å². The molecule has 55 valence electrons. The zero-order valence-electron chi connectivity index (χ0n) is 5.78. The van der Waals surface area contributed by atoms with Crippen LogP contribution in [0.4, 0.5) is 5.69 Å². The second-order valence-electron chi connectivity index (χ2n) is 2.06. The van der Waals surface area contributed by atoms with Crippen molar-refractivity contribution in [2.75, 3.05) is 0 Å². The molecule has 3 nitrogen and oxygen atoms in total. The minimum atomic E-state index is -0.334. The molecule has 0 aliphatic heterocycles. The van der Waals surface area contributed by atoms with Crippen LogP contribution in [0.3, 0.4) is 0 Å². The first-order chi connectivity index (χ1) is 5.25. The summed E-state index contributed by atoms with van der Waals surface area (Å²) in [6.07, 6.45) is 0. The molecule has 0 fully saturated rings. The molecule has 0 unspecified atom stereocenters. The van der Waals surface area contributed by atoms with Crippen molar-refractivity contribution in [3.63, 3.8) is 0 Å². The van der Waals surface area contributed by atoms with Crippen molar-refractivity contribution in [1.82, 2.24) is 0 Å². The van der Waals surface area contributed by atoms with E-state index in [1.165, 1.54) is 22.5 Å². The third-order valence-corrected chi connectivity index (χ3v) is 2.47. The van der Waals surface area contributed by atoms with Crippen LogP contribution in [0, 0.1) is 10.1 Å². The first-order valence-corrected chi connectivity index (χ1v) is 5.14. The van der Waals surface area contributed by atoms with Crippen LogP contribution in [0.1, 0.15) is 5.56 Å². The average Bonchev–Trinajstić information content (AvgIpc) is 2.04. The van der Waals surface area contributed by atoms with Gasteiger partial charge in [-0.25, -0.2) is 0 Å². The summed E-state index contributed by atoms with van der Waals surface area (Å²) >= 11 is 1.30. The van der Waals surface area contributed by atoms with E-state index in [1.807, 2.05) is 6.07 Å². The molecule has 0 aromatic heterocycles. The van der Waals surface area contributed by atoms with Crippen molar-refractivity contribution in [2.24, 2.45) is 0 Å². The van der Waals surface area contributed by atoms with Gasteiger partial charge in [-0.2, -0.15) is 0 Å². The van der Waals surface area contributed by atoms with Crippen LogP contribution in [0.5, 0.6) is 0 Å². The van der Waals surface area contributed by atoms with E-state index in [0.29, 0.717) is 0 Å². The Labute approximate surface area is 77.7 Å². The Kier molecular flexibility index (Phi) is 2.87. The Balaban J connectivity index is 3.12. The van der Waals surface area contributed by atoms with Gasteiger partial charge in [-0.15, -0.1) is 0 Å². The fraction of sp³-hybridized carbons (Fsp3) is 0.143. The third-order valence-electron chi connectivity index (χ3n) is 1.38. The second-order valence-corrected chi connectivity index (χ2v) is 3.07. The van der Waals surface area contributed by atoms with Gasteiger partial charge in [0.15, 0.2) is 0 Å². The van der Waals surface area contributed by atoms with E-state index in [9.17, 15) is 10.1 Å². The number of rotatable bonds is 2. The Hall–Kier alpha value is -0.581. The summed E-state index contributed by atoms with van der Waals surface area (Å²) in [5.74, 6) is 0. The minimum absolute atomic E-state index is 0.240. The zero-order valence-corrected chi connectivity index (χ0v) is 8.63. The van der Waals surface area contributed by atoms with Crippen molar-refractivity contribution in [3.05, 3.63) is 39.9 Å². The molecule has 0 bridgehead atoms. The molecule has 1 rings (SSSR count). The van der Waals surface area contributed by atoms with Crippen LogP contribution in [0.2, 0.25) is 0 Å². The molecule has 0 N–H and O–H groups in total. The van der Waals surface area contributed by atoms with E-state index in [0.717, 1.165) is 10.0 Å². The second kappa shape index (κ2) is 3.71. The van der Waals surface area contributed by atoms with Gasteiger partial charge < -0.3 is 0 Å². The SMILES string of the molecule is O=[N+]([O-])c1ccccc1[CH2][Sn]. The van der Waals surface area contributed by atoms with E-state index in [2.05, 4.69) is 0 Å². The first-order valence-electron chi connectivity index (χ1n) is 3.12. The molecule has 0 aliphatic rings. The van der Waals surface area contributed by atoms with Crippen LogP contribution in [0.25, 0.3) is 0 Å². The molecule has 0 aliphatic carbocycles. The number of hydrogen-bond donors (Lipinski definition) is 0. The van der Waals surface area contributed by atoms with E-state index in [-0.39, 0.29) is 10.6 Å². The molecule has 0 heterocycles. The predicted molar refractivity (Wildman–Crippen MR) is 42.6 cm³/mol. The molecule has 0 spiro atoms. The number of para-hydroxylation sites is 1. The van der Waals surface area contributed by atoms with Gasteiger partial charge in [-0.3, -0.25) is 0 Å². The van der Waals surface area contributed by atoms with Crippen molar-refractivity contribution in [3.8, 4) is 0 Å². The molecule has 0 saturated heterocycles. The molecule has 11 heavy (non-hydrogen) atoms. The fourth-order valence-corrected chi connectivity index (χ4v) is 1.69. The fourth-order valence-electron chi connectivity index (χ4n) is 0.838. The summed E-state index contributed by atoms with van der Waals surface area (Å²) < 4.78 is 0.796. The first kappa shape index (κ1) is 8.51. The summed E-state index contributed by atoms with van der Waals surface area (Å²) in [7, 11) is 0. The topological polar surface area (TPSA) is 43.1 Å². The Morgan fingerprint density at radius 1 is 1.45 bits per heavy atom. The summed E-state index contributed by atoms with van der Waals surface area (Å²) in [5.41, 5.74) is 1.07. The average molecular weight is 255 g/mol. The summed E-state index contributed by atoms with van der Waals surface area (Å²) in [6.45, 7) is 0. The van der Waals surface area contributed by atoms with Gasteiger partial charge in [0.25, 0.3) is 0 Å². The van der Waals surface area contributed by atoms with Gasteiger partial charge in [-0.1, -0.05) is 0 Å². The zero-order chi connectivity index (χ0) is 8.27. The van der Waals surface area contributed by atoms with Crippen molar-refractivity contribution in [1.29, 1.82) is 0 Å². The van der Waals surface area contributed by atoms with Gasteiger partial charge >= 0.3 is 77.5 Å². The molecular weight excluding hydrogens is 249 g/mol. The molecule has 3 radical (unpaired) electrons. The monoisotopic (exact) mass is 256 g/mol. The number of nitro benzene ring substituents is 1. The maximum absolute atomic E-state index is 10.4. The third kappa shape index (κ3) is 1.92. The summed E-state index contributed by atoms with van der Waals surface area (Å²) in [4.78, 5) is 10.1. The maximum atomic E-state index is 10.4. The van der Waals surface area contributed by atoms with Gasteiger partial charge in [-0.05, 0) is 0 Å². The number of nitrogens with zero attached hydrogens (tertiary/aromatic N) is 1. The number of nitro groups is 1. The summed E-state index contributed by atoms with van der Waals surface area (Å²) in [6, 6.07) is 6.85. The van der Waals surface area contributed by atoms with E-state index in [1.54, 1.807) is 18.2 Å². The number of hydrogen-bond acceptors (Lipinski definition) is 2. The number of benzene rings is 1. The van der Waals surface area contributed by atoms with E-state index >= 15 is 0 Å². The molecule has 0 saturated carbocycles.